The molecule has 2 rings (SSSR count). The maximum atomic E-state index is 13.6. The van der Waals surface area contributed by atoms with E-state index in [1.807, 2.05) is 6.07 Å². The summed E-state index contributed by atoms with van der Waals surface area (Å²) in [6.07, 6.45) is 0. The highest BCUT2D eigenvalue weighted by atomic mass is 35.5. The van der Waals surface area contributed by atoms with Crippen LogP contribution < -0.4 is 11.1 Å². The average Bonchev–Trinajstić information content (AvgIpc) is 2.56. The van der Waals surface area contributed by atoms with Gasteiger partial charge in [-0.2, -0.15) is 0 Å². The molecule has 1 saturated heterocycles. The molecule has 3 N–H and O–H groups in total. The molecule has 9 heteroatoms. The lowest BCUT2D eigenvalue weighted by atomic mass is 10.0. The monoisotopic (exact) mass is 397 g/mol. The first kappa shape index (κ1) is 24.0. The second kappa shape index (κ2) is 12.4. The molecule has 1 aliphatic heterocycles. The fourth-order valence-electron chi connectivity index (χ4n) is 2.64. The van der Waals surface area contributed by atoms with Crippen LogP contribution in [-0.4, -0.2) is 63.4 Å². The summed E-state index contributed by atoms with van der Waals surface area (Å²) < 4.78 is 23.8. The summed E-state index contributed by atoms with van der Waals surface area (Å²) in [5.74, 6) is -0.565. The van der Waals surface area contributed by atoms with Crippen molar-refractivity contribution in [2.45, 2.75) is 12.1 Å². The zero-order valence-electron chi connectivity index (χ0n) is 14.2. The first-order valence-corrected chi connectivity index (χ1v) is 7.71. The molecule has 0 radical (unpaired) electrons. The van der Waals surface area contributed by atoms with Crippen molar-refractivity contribution in [1.82, 2.24) is 10.2 Å². The number of methoxy groups -OCH3 is 1. The first-order chi connectivity index (χ1) is 11.1. The normalized spacial score (nSPS) is 16.9. The highest BCUT2D eigenvalue weighted by molar-refractivity contribution is 5.85. The minimum absolute atomic E-state index is 0. The van der Waals surface area contributed by atoms with Crippen LogP contribution in [0, 0.1) is 5.82 Å². The lowest BCUT2D eigenvalue weighted by Gasteiger charge is -2.35. The predicted molar refractivity (Wildman–Crippen MR) is 98.9 cm³/mol. The van der Waals surface area contributed by atoms with Crippen LogP contribution in [0.15, 0.2) is 24.3 Å². The molecule has 1 heterocycles. The second-order valence-corrected chi connectivity index (χ2v) is 5.53. The summed E-state index contributed by atoms with van der Waals surface area (Å²) in [5.41, 5.74) is 6.55. The van der Waals surface area contributed by atoms with Gasteiger partial charge in [-0.05, 0) is 17.7 Å². The van der Waals surface area contributed by atoms with Crippen LogP contribution in [0.2, 0.25) is 0 Å². The van der Waals surface area contributed by atoms with E-state index in [4.69, 9.17) is 15.2 Å². The lowest BCUT2D eigenvalue weighted by molar-refractivity contribution is -0.123. The minimum atomic E-state index is -0.710. The molecule has 0 spiro atoms. The molecule has 1 fully saturated rings. The van der Waals surface area contributed by atoms with Crippen LogP contribution in [0.3, 0.4) is 0 Å². The van der Waals surface area contributed by atoms with Gasteiger partial charge in [-0.1, -0.05) is 12.1 Å². The number of carbonyl (C=O) groups is 1. The van der Waals surface area contributed by atoms with Crippen LogP contribution in [0.4, 0.5) is 4.39 Å². The molecular formula is C16H26Cl2FN3O3. The Bertz CT molecular complexity index is 519. The molecule has 2 unspecified atom stereocenters. The van der Waals surface area contributed by atoms with Crippen LogP contribution in [0.1, 0.15) is 11.6 Å². The van der Waals surface area contributed by atoms with Gasteiger partial charge >= 0.3 is 0 Å². The largest absolute Gasteiger partial charge is 0.383 e. The highest BCUT2D eigenvalue weighted by Gasteiger charge is 2.24. The molecule has 1 amide bonds. The number of amides is 1. The summed E-state index contributed by atoms with van der Waals surface area (Å²) in [5, 5.41) is 2.83. The Balaban J connectivity index is 0.00000288. The van der Waals surface area contributed by atoms with E-state index in [1.54, 1.807) is 6.07 Å². The molecule has 0 aliphatic carbocycles. The van der Waals surface area contributed by atoms with Gasteiger partial charge in [-0.15, -0.1) is 24.8 Å². The molecule has 0 saturated carbocycles. The van der Waals surface area contributed by atoms with E-state index in [-0.39, 0.29) is 49.2 Å². The second-order valence-electron chi connectivity index (χ2n) is 5.53. The topological polar surface area (TPSA) is 76.8 Å². The fourth-order valence-corrected chi connectivity index (χ4v) is 2.64. The van der Waals surface area contributed by atoms with E-state index >= 15 is 0 Å². The standard InChI is InChI=1S/C16H24FN3O3.2ClH/c1-22-11-14(18)16(21)19-10-15(20-5-7-23-8-6-20)12-3-2-4-13(17)9-12;;/h2-4,9,14-15H,5-8,10-11,18H2,1H3,(H,19,21);2*1H. The fraction of sp³-hybridized carbons (Fsp3) is 0.562. The Labute approximate surface area is 160 Å². The van der Waals surface area contributed by atoms with Gasteiger partial charge in [0, 0.05) is 26.7 Å². The van der Waals surface area contributed by atoms with Crippen LogP contribution in [0.25, 0.3) is 0 Å². The zero-order valence-corrected chi connectivity index (χ0v) is 15.8. The smallest absolute Gasteiger partial charge is 0.239 e. The molecule has 1 aromatic carbocycles. The summed E-state index contributed by atoms with van der Waals surface area (Å²) in [6.45, 7) is 3.25. The number of hydrogen-bond acceptors (Lipinski definition) is 5. The van der Waals surface area contributed by atoms with E-state index in [0.717, 1.165) is 18.7 Å². The van der Waals surface area contributed by atoms with Crippen molar-refractivity contribution in [1.29, 1.82) is 0 Å². The van der Waals surface area contributed by atoms with E-state index in [1.165, 1.54) is 19.2 Å². The predicted octanol–water partition coefficient (Wildman–Crippen LogP) is 1.13. The molecule has 6 nitrogen and oxygen atoms in total. The van der Waals surface area contributed by atoms with E-state index in [2.05, 4.69) is 10.2 Å². The number of nitrogens with zero attached hydrogens (tertiary/aromatic N) is 1. The van der Waals surface area contributed by atoms with Crippen LogP contribution in [-0.2, 0) is 14.3 Å². The van der Waals surface area contributed by atoms with Gasteiger partial charge in [0.25, 0.3) is 0 Å². The number of carbonyl (C=O) groups excluding carboxylic acids is 1. The van der Waals surface area contributed by atoms with E-state index in [9.17, 15) is 9.18 Å². The van der Waals surface area contributed by atoms with Crippen molar-refractivity contribution >= 4 is 30.7 Å². The van der Waals surface area contributed by atoms with Gasteiger partial charge in [0.15, 0.2) is 0 Å². The number of halogens is 3. The van der Waals surface area contributed by atoms with Crippen molar-refractivity contribution < 1.29 is 18.7 Å². The quantitative estimate of drug-likeness (QED) is 0.720. The Morgan fingerprint density at radius 2 is 2.08 bits per heavy atom. The molecular weight excluding hydrogens is 372 g/mol. The minimum Gasteiger partial charge on any atom is -0.383 e. The van der Waals surface area contributed by atoms with Gasteiger partial charge in [0.1, 0.15) is 11.9 Å². The third-order valence-corrected chi connectivity index (χ3v) is 3.87. The molecule has 1 aromatic rings. The maximum absolute atomic E-state index is 13.6. The molecule has 2 atom stereocenters. The van der Waals surface area contributed by atoms with E-state index < -0.39 is 6.04 Å². The molecule has 0 aromatic heterocycles. The maximum Gasteiger partial charge on any atom is 0.239 e. The Morgan fingerprint density at radius 1 is 1.40 bits per heavy atom. The Kier molecular flexibility index (Phi) is 11.9. The summed E-state index contributed by atoms with van der Waals surface area (Å²) >= 11 is 0. The number of ether oxygens (including phenoxy) is 2. The van der Waals surface area contributed by atoms with Gasteiger partial charge < -0.3 is 20.5 Å². The van der Waals surface area contributed by atoms with Crippen molar-refractivity contribution in [3.63, 3.8) is 0 Å². The van der Waals surface area contributed by atoms with Crippen molar-refractivity contribution in [2.24, 2.45) is 5.73 Å². The van der Waals surface area contributed by atoms with Gasteiger partial charge in [0.05, 0.1) is 25.9 Å². The molecule has 0 bridgehead atoms. The first-order valence-electron chi connectivity index (χ1n) is 7.71. The number of rotatable bonds is 7. The third-order valence-electron chi connectivity index (χ3n) is 3.87. The van der Waals surface area contributed by atoms with Gasteiger partial charge in [0.2, 0.25) is 5.91 Å². The average molecular weight is 398 g/mol. The van der Waals surface area contributed by atoms with Crippen molar-refractivity contribution in [3.05, 3.63) is 35.6 Å². The number of benzene rings is 1. The number of nitrogens with one attached hydrogen (secondary N) is 1. The van der Waals surface area contributed by atoms with E-state index in [0.29, 0.717) is 19.8 Å². The summed E-state index contributed by atoms with van der Waals surface area (Å²) in [6, 6.07) is 5.63. The number of hydrogen-bond donors (Lipinski definition) is 2. The molecule has 1 aliphatic rings. The summed E-state index contributed by atoms with van der Waals surface area (Å²) in [7, 11) is 1.50. The van der Waals surface area contributed by atoms with Crippen molar-refractivity contribution in [3.8, 4) is 0 Å². The van der Waals surface area contributed by atoms with Gasteiger partial charge in [-0.25, -0.2) is 4.39 Å². The van der Waals surface area contributed by atoms with Crippen LogP contribution >= 0.6 is 24.8 Å². The zero-order chi connectivity index (χ0) is 16.7. The Hall–Kier alpha value is -0.960. The molecule has 144 valence electrons. The van der Waals surface area contributed by atoms with Crippen LogP contribution in [0.5, 0.6) is 0 Å². The molecule has 25 heavy (non-hydrogen) atoms. The highest BCUT2D eigenvalue weighted by Crippen LogP contribution is 2.22. The Morgan fingerprint density at radius 3 is 2.68 bits per heavy atom. The lowest BCUT2D eigenvalue weighted by Crippen LogP contribution is -2.48. The number of nitrogens with two attached hydrogens (primary N) is 1. The van der Waals surface area contributed by atoms with Gasteiger partial charge in [-0.3, -0.25) is 9.69 Å². The summed E-state index contributed by atoms with van der Waals surface area (Å²) in [4.78, 5) is 14.2. The number of morpholine rings is 1. The SMILES string of the molecule is COCC(N)C(=O)NCC(c1cccc(F)c1)N1CCOCC1.Cl.Cl. The third kappa shape index (κ3) is 7.43. The van der Waals surface area contributed by atoms with Crippen molar-refractivity contribution in [2.75, 3.05) is 46.6 Å².